The van der Waals surface area contributed by atoms with E-state index < -0.39 is 15.4 Å². The van der Waals surface area contributed by atoms with Crippen LogP contribution in [0.25, 0.3) is 16.7 Å². The van der Waals surface area contributed by atoms with Gasteiger partial charge in [-0.2, -0.15) is 0 Å². The number of pyridine rings is 2. The largest absolute Gasteiger partial charge is 0.394 e. The summed E-state index contributed by atoms with van der Waals surface area (Å²) in [6.45, 7) is 1.88. The second kappa shape index (κ2) is 9.06. The van der Waals surface area contributed by atoms with Gasteiger partial charge in [0.05, 0.1) is 30.1 Å². The van der Waals surface area contributed by atoms with E-state index in [1.54, 1.807) is 12.3 Å². The first kappa shape index (κ1) is 23.1. The van der Waals surface area contributed by atoms with Gasteiger partial charge in [-0.05, 0) is 48.9 Å². The molecule has 0 aliphatic rings. The van der Waals surface area contributed by atoms with Crippen LogP contribution < -0.4 is 11.0 Å². The van der Waals surface area contributed by atoms with Crippen LogP contribution in [-0.4, -0.2) is 47.3 Å². The van der Waals surface area contributed by atoms with Crippen LogP contribution in [0.3, 0.4) is 0 Å². The number of halogens is 1. The second-order valence-electron chi connectivity index (χ2n) is 7.34. The summed E-state index contributed by atoms with van der Waals surface area (Å²) in [4.78, 5) is 17.5. The van der Waals surface area contributed by atoms with Crippen LogP contribution >= 0.6 is 11.6 Å². The first-order valence-electron chi connectivity index (χ1n) is 10.0. The molecule has 0 amide bonds. The van der Waals surface area contributed by atoms with E-state index in [1.807, 2.05) is 13.0 Å². The SMILES string of the molecule is Cc1cccn2c(=O)c3cc(S(=O)(=O)c4ccc(Cl)cc4)c(=N)n(CCOCCO)c3nc12. The van der Waals surface area contributed by atoms with Gasteiger partial charge in [0.15, 0.2) is 0 Å². The molecule has 0 aliphatic carbocycles. The lowest BCUT2D eigenvalue weighted by molar-refractivity contribution is 0.0867. The molecule has 2 N–H and O–H groups in total. The minimum Gasteiger partial charge on any atom is -0.394 e. The highest BCUT2D eigenvalue weighted by Gasteiger charge is 2.24. The molecule has 11 heteroatoms. The van der Waals surface area contributed by atoms with Gasteiger partial charge in [-0.3, -0.25) is 14.6 Å². The average Bonchev–Trinajstić information content (AvgIpc) is 2.79. The molecular weight excluding hydrogens is 468 g/mol. The molecule has 3 heterocycles. The Morgan fingerprint density at radius 1 is 1.15 bits per heavy atom. The molecule has 4 rings (SSSR count). The standard InChI is InChI=1S/C22H21ClN4O5S/c1-14-3-2-8-27-20(14)25-21-17(22(27)29)13-18(19(24)26(21)9-11-32-12-10-28)33(30,31)16-6-4-15(23)5-7-16/h2-8,13,24,28H,9-12H2,1H3. The van der Waals surface area contributed by atoms with Crippen molar-refractivity contribution in [2.75, 3.05) is 19.8 Å². The highest BCUT2D eigenvalue weighted by atomic mass is 35.5. The van der Waals surface area contributed by atoms with Crippen LogP contribution in [0.2, 0.25) is 5.02 Å². The van der Waals surface area contributed by atoms with Gasteiger partial charge in [0.2, 0.25) is 9.84 Å². The van der Waals surface area contributed by atoms with Gasteiger partial charge in [0.25, 0.3) is 5.56 Å². The van der Waals surface area contributed by atoms with E-state index >= 15 is 0 Å². The van der Waals surface area contributed by atoms with Crippen LogP contribution in [-0.2, 0) is 21.1 Å². The molecule has 33 heavy (non-hydrogen) atoms. The maximum Gasteiger partial charge on any atom is 0.267 e. The van der Waals surface area contributed by atoms with Crippen LogP contribution in [0.4, 0.5) is 0 Å². The third-order valence-electron chi connectivity index (χ3n) is 5.21. The Balaban J connectivity index is 2.04. The van der Waals surface area contributed by atoms with Crippen molar-refractivity contribution in [3.05, 3.63) is 75.1 Å². The normalized spacial score (nSPS) is 12.0. The van der Waals surface area contributed by atoms with Crippen LogP contribution in [0.5, 0.6) is 0 Å². The number of nitrogens with zero attached hydrogens (tertiary/aromatic N) is 3. The summed E-state index contributed by atoms with van der Waals surface area (Å²) >= 11 is 5.89. The Kier molecular flexibility index (Phi) is 6.35. The summed E-state index contributed by atoms with van der Waals surface area (Å²) in [7, 11) is -4.14. The molecule has 0 aliphatic heterocycles. The number of fused-ring (bicyclic) bond motifs is 2. The number of sulfone groups is 1. The number of aryl methyl sites for hydroxylation is 1. The van der Waals surface area contributed by atoms with E-state index in [0.29, 0.717) is 10.7 Å². The van der Waals surface area contributed by atoms with E-state index in [9.17, 15) is 13.2 Å². The quantitative estimate of drug-likeness (QED) is 0.302. The van der Waals surface area contributed by atoms with Gasteiger partial charge in [-0.25, -0.2) is 13.4 Å². The summed E-state index contributed by atoms with van der Waals surface area (Å²) in [5.41, 5.74) is 0.574. The lowest BCUT2D eigenvalue weighted by Crippen LogP contribution is -2.31. The zero-order valence-electron chi connectivity index (χ0n) is 17.7. The summed E-state index contributed by atoms with van der Waals surface area (Å²) in [5.74, 6) is 0. The fourth-order valence-corrected chi connectivity index (χ4v) is 5.07. The maximum absolute atomic E-state index is 13.4. The van der Waals surface area contributed by atoms with E-state index in [-0.39, 0.29) is 52.7 Å². The first-order chi connectivity index (χ1) is 15.8. The highest BCUT2D eigenvalue weighted by molar-refractivity contribution is 7.91. The van der Waals surface area contributed by atoms with E-state index in [0.717, 1.165) is 5.56 Å². The number of ether oxygens (including phenoxy) is 1. The van der Waals surface area contributed by atoms with Gasteiger partial charge in [0.1, 0.15) is 21.7 Å². The van der Waals surface area contributed by atoms with E-state index in [1.165, 1.54) is 39.3 Å². The Morgan fingerprint density at radius 3 is 2.58 bits per heavy atom. The molecule has 0 unspecified atom stereocenters. The van der Waals surface area contributed by atoms with Crippen LogP contribution in [0, 0.1) is 12.3 Å². The van der Waals surface area contributed by atoms with Gasteiger partial charge < -0.3 is 14.4 Å². The number of benzene rings is 1. The molecule has 9 nitrogen and oxygen atoms in total. The molecule has 0 spiro atoms. The van der Waals surface area contributed by atoms with Crippen LogP contribution in [0.15, 0.2) is 63.2 Å². The number of aromatic nitrogens is 3. The number of nitrogens with one attached hydrogen (secondary N) is 1. The summed E-state index contributed by atoms with van der Waals surface area (Å²) < 4.78 is 34.8. The minimum atomic E-state index is -4.14. The van der Waals surface area contributed by atoms with Crippen molar-refractivity contribution >= 4 is 38.1 Å². The van der Waals surface area contributed by atoms with Crippen molar-refractivity contribution in [3.63, 3.8) is 0 Å². The average molecular weight is 489 g/mol. The van der Waals surface area contributed by atoms with Gasteiger partial charge in [0, 0.05) is 17.8 Å². The summed E-state index contributed by atoms with van der Waals surface area (Å²) in [6, 6.07) is 10.3. The number of aliphatic hydroxyl groups excluding tert-OH is 1. The van der Waals surface area contributed by atoms with Crippen LogP contribution in [0.1, 0.15) is 5.56 Å². The van der Waals surface area contributed by atoms with Crippen molar-refractivity contribution in [3.8, 4) is 0 Å². The molecule has 0 fully saturated rings. The fourth-order valence-electron chi connectivity index (χ4n) is 3.56. The lowest BCUT2D eigenvalue weighted by atomic mass is 10.2. The number of hydrogen-bond acceptors (Lipinski definition) is 7. The second-order valence-corrected chi connectivity index (χ2v) is 9.70. The Bertz CT molecular complexity index is 1580. The van der Waals surface area contributed by atoms with Crippen molar-refractivity contribution in [1.82, 2.24) is 14.0 Å². The predicted octanol–water partition coefficient (Wildman–Crippen LogP) is 1.93. The highest BCUT2D eigenvalue weighted by Crippen LogP contribution is 2.22. The Morgan fingerprint density at radius 2 is 1.88 bits per heavy atom. The topological polar surface area (TPSA) is 127 Å². The first-order valence-corrected chi connectivity index (χ1v) is 11.9. The molecule has 0 saturated heterocycles. The van der Waals surface area contributed by atoms with Crippen molar-refractivity contribution < 1.29 is 18.3 Å². The molecule has 0 atom stereocenters. The van der Waals surface area contributed by atoms with E-state index in [2.05, 4.69) is 4.98 Å². The maximum atomic E-state index is 13.4. The minimum absolute atomic E-state index is 0.0486. The lowest BCUT2D eigenvalue weighted by Gasteiger charge is -2.15. The number of hydrogen-bond donors (Lipinski definition) is 2. The molecule has 3 aromatic heterocycles. The molecule has 4 aromatic rings. The van der Waals surface area contributed by atoms with E-state index in [4.69, 9.17) is 26.9 Å². The summed E-state index contributed by atoms with van der Waals surface area (Å²) in [5, 5.41) is 18.1. The van der Waals surface area contributed by atoms with Gasteiger partial charge >= 0.3 is 0 Å². The Labute approximate surface area is 193 Å². The number of aliphatic hydroxyl groups is 1. The fraction of sp³-hybridized carbons (Fsp3) is 0.227. The molecule has 0 bridgehead atoms. The Hall–Kier alpha value is -3.05. The van der Waals surface area contributed by atoms with Crippen molar-refractivity contribution in [2.24, 2.45) is 0 Å². The molecular formula is C22H21ClN4O5S. The molecule has 0 saturated carbocycles. The third kappa shape index (κ3) is 4.18. The molecule has 172 valence electrons. The van der Waals surface area contributed by atoms with Gasteiger partial charge in [-0.15, -0.1) is 0 Å². The monoisotopic (exact) mass is 488 g/mol. The predicted molar refractivity (Wildman–Crippen MR) is 122 cm³/mol. The zero-order valence-corrected chi connectivity index (χ0v) is 19.2. The van der Waals surface area contributed by atoms with Crippen molar-refractivity contribution in [1.29, 1.82) is 5.41 Å². The third-order valence-corrected chi connectivity index (χ3v) is 7.24. The summed E-state index contributed by atoms with van der Waals surface area (Å²) in [6.07, 6.45) is 1.56. The molecule has 0 radical (unpaired) electrons. The van der Waals surface area contributed by atoms with Crippen molar-refractivity contribution in [2.45, 2.75) is 23.3 Å². The smallest absolute Gasteiger partial charge is 0.267 e. The zero-order chi connectivity index (χ0) is 23.8. The molecule has 1 aromatic carbocycles. The number of rotatable bonds is 7. The van der Waals surface area contributed by atoms with Gasteiger partial charge in [-0.1, -0.05) is 17.7 Å².